The van der Waals surface area contributed by atoms with Gasteiger partial charge in [-0.25, -0.2) is 0 Å². The molecule has 5 heteroatoms. The van der Waals surface area contributed by atoms with Crippen molar-refractivity contribution >= 4 is 5.91 Å². The minimum absolute atomic E-state index is 0.0423. The molecule has 136 valence electrons. The Morgan fingerprint density at radius 3 is 2.73 bits per heavy atom. The monoisotopic (exact) mass is 353 g/mol. The molecule has 1 fully saturated rings. The maximum atomic E-state index is 13.1. The van der Waals surface area contributed by atoms with Crippen LogP contribution in [0.15, 0.2) is 36.4 Å². The van der Waals surface area contributed by atoms with E-state index in [-0.39, 0.29) is 11.9 Å². The van der Waals surface area contributed by atoms with Gasteiger partial charge in [0.05, 0.1) is 13.2 Å². The van der Waals surface area contributed by atoms with Crippen molar-refractivity contribution in [2.24, 2.45) is 0 Å². The average Bonchev–Trinajstić information content (AvgIpc) is 3.17. The normalized spacial score (nSPS) is 18.7. The van der Waals surface area contributed by atoms with Gasteiger partial charge in [0, 0.05) is 12.1 Å². The molecule has 0 N–H and O–H groups in total. The number of fused-ring (bicyclic) bond motifs is 1. The molecule has 26 heavy (non-hydrogen) atoms. The quantitative estimate of drug-likeness (QED) is 0.843. The molecule has 5 nitrogen and oxygen atoms in total. The highest BCUT2D eigenvalue weighted by Crippen LogP contribution is 2.38. The van der Waals surface area contributed by atoms with Crippen molar-refractivity contribution in [3.63, 3.8) is 0 Å². The molecule has 0 saturated carbocycles. The van der Waals surface area contributed by atoms with Crippen LogP contribution in [0.3, 0.4) is 0 Å². The highest BCUT2D eigenvalue weighted by molar-refractivity contribution is 5.95. The lowest BCUT2D eigenvalue weighted by Gasteiger charge is -2.27. The fourth-order valence-corrected chi connectivity index (χ4v) is 3.74. The summed E-state index contributed by atoms with van der Waals surface area (Å²) >= 11 is 0. The van der Waals surface area contributed by atoms with Crippen LogP contribution in [0.1, 0.15) is 40.4 Å². The third-order valence-electron chi connectivity index (χ3n) is 5.12. The molecule has 2 heterocycles. The SMILES string of the molecule is COc1cc(C(=O)N2CCCC2c2ccc3c(c2)OCCO3)ccc1C. The van der Waals surface area contributed by atoms with Crippen LogP contribution in [-0.2, 0) is 0 Å². The summed E-state index contributed by atoms with van der Waals surface area (Å²) in [4.78, 5) is 15.1. The number of hydrogen-bond acceptors (Lipinski definition) is 4. The number of rotatable bonds is 3. The molecule has 1 amide bonds. The first-order chi connectivity index (χ1) is 12.7. The predicted octanol–water partition coefficient (Wildman–Crippen LogP) is 3.75. The number of nitrogens with zero attached hydrogens (tertiary/aromatic N) is 1. The van der Waals surface area contributed by atoms with Crippen molar-refractivity contribution in [1.82, 2.24) is 4.90 Å². The Morgan fingerprint density at radius 2 is 1.92 bits per heavy atom. The van der Waals surface area contributed by atoms with Crippen LogP contribution < -0.4 is 14.2 Å². The van der Waals surface area contributed by atoms with Crippen LogP contribution in [0.25, 0.3) is 0 Å². The molecule has 4 rings (SSSR count). The van der Waals surface area contributed by atoms with E-state index in [0.29, 0.717) is 18.8 Å². The number of carbonyl (C=O) groups is 1. The van der Waals surface area contributed by atoms with E-state index < -0.39 is 0 Å². The Bertz CT molecular complexity index is 833. The fourth-order valence-electron chi connectivity index (χ4n) is 3.74. The first kappa shape index (κ1) is 16.8. The van der Waals surface area contributed by atoms with Gasteiger partial charge < -0.3 is 19.1 Å². The second-order valence-electron chi connectivity index (χ2n) is 6.74. The fraction of sp³-hybridized carbons (Fsp3) is 0.381. The van der Waals surface area contributed by atoms with Crippen molar-refractivity contribution in [2.75, 3.05) is 26.9 Å². The summed E-state index contributed by atoms with van der Waals surface area (Å²) in [6.45, 7) is 3.87. The van der Waals surface area contributed by atoms with Gasteiger partial charge >= 0.3 is 0 Å². The highest BCUT2D eigenvalue weighted by Gasteiger charge is 2.31. The number of methoxy groups -OCH3 is 1. The van der Waals surface area contributed by atoms with Crippen LogP contribution in [0, 0.1) is 6.92 Å². The van der Waals surface area contributed by atoms with Crippen molar-refractivity contribution in [3.05, 3.63) is 53.1 Å². The van der Waals surface area contributed by atoms with E-state index in [4.69, 9.17) is 14.2 Å². The molecule has 2 aliphatic rings. The Kier molecular flexibility index (Phi) is 4.45. The Hall–Kier alpha value is -2.69. The van der Waals surface area contributed by atoms with Gasteiger partial charge in [0.1, 0.15) is 19.0 Å². The molecule has 2 aromatic rings. The van der Waals surface area contributed by atoms with Crippen molar-refractivity contribution in [2.45, 2.75) is 25.8 Å². The van der Waals surface area contributed by atoms with Crippen LogP contribution in [0.2, 0.25) is 0 Å². The zero-order valence-corrected chi connectivity index (χ0v) is 15.2. The zero-order chi connectivity index (χ0) is 18.1. The third kappa shape index (κ3) is 2.98. The van der Waals surface area contributed by atoms with Crippen LogP contribution in [-0.4, -0.2) is 37.7 Å². The van der Waals surface area contributed by atoms with Crippen LogP contribution >= 0.6 is 0 Å². The highest BCUT2D eigenvalue weighted by atomic mass is 16.6. The van der Waals surface area contributed by atoms with Gasteiger partial charge in [-0.3, -0.25) is 4.79 Å². The molecule has 0 radical (unpaired) electrons. The maximum Gasteiger partial charge on any atom is 0.254 e. The zero-order valence-electron chi connectivity index (χ0n) is 15.2. The maximum absolute atomic E-state index is 13.1. The number of amides is 1. The Labute approximate surface area is 153 Å². The van der Waals surface area contributed by atoms with Crippen LogP contribution in [0.5, 0.6) is 17.2 Å². The Morgan fingerprint density at radius 1 is 1.12 bits per heavy atom. The molecular formula is C21H23NO4. The van der Waals surface area contributed by atoms with E-state index in [1.54, 1.807) is 7.11 Å². The first-order valence-corrected chi connectivity index (χ1v) is 9.02. The number of benzene rings is 2. The van der Waals surface area contributed by atoms with E-state index in [1.165, 1.54) is 0 Å². The smallest absolute Gasteiger partial charge is 0.254 e. The van der Waals surface area contributed by atoms with Gasteiger partial charge in [-0.1, -0.05) is 12.1 Å². The number of ether oxygens (including phenoxy) is 3. The lowest BCUT2D eigenvalue weighted by Crippen LogP contribution is -2.30. The minimum Gasteiger partial charge on any atom is -0.496 e. The number of aryl methyl sites for hydroxylation is 1. The van der Waals surface area contributed by atoms with Gasteiger partial charge in [-0.15, -0.1) is 0 Å². The summed E-state index contributed by atoms with van der Waals surface area (Å²) < 4.78 is 16.7. The lowest BCUT2D eigenvalue weighted by atomic mass is 10.0. The molecule has 0 spiro atoms. The summed E-state index contributed by atoms with van der Waals surface area (Å²) in [5, 5.41) is 0. The second-order valence-corrected chi connectivity index (χ2v) is 6.74. The topological polar surface area (TPSA) is 48.0 Å². The van der Waals surface area contributed by atoms with Gasteiger partial charge in [-0.2, -0.15) is 0 Å². The number of likely N-dealkylation sites (tertiary alicyclic amines) is 1. The van der Waals surface area contributed by atoms with Gasteiger partial charge in [0.2, 0.25) is 0 Å². The summed E-state index contributed by atoms with van der Waals surface area (Å²) in [5.74, 6) is 2.33. The molecule has 1 unspecified atom stereocenters. The molecule has 1 atom stereocenters. The predicted molar refractivity (Wildman–Crippen MR) is 98.2 cm³/mol. The molecule has 0 aliphatic carbocycles. The van der Waals surface area contributed by atoms with E-state index in [2.05, 4.69) is 0 Å². The second kappa shape index (κ2) is 6.90. The molecular weight excluding hydrogens is 330 g/mol. The minimum atomic E-state index is 0.0423. The lowest BCUT2D eigenvalue weighted by molar-refractivity contribution is 0.0734. The van der Waals surface area contributed by atoms with Crippen LogP contribution in [0.4, 0.5) is 0 Å². The molecule has 2 aliphatic heterocycles. The molecule has 0 bridgehead atoms. The van der Waals surface area contributed by atoms with E-state index in [9.17, 15) is 4.79 Å². The standard InChI is InChI=1S/C21H23NO4/c1-14-5-6-16(13-19(14)24-2)21(23)22-9-3-4-17(22)15-7-8-18-20(12-15)26-11-10-25-18/h5-8,12-13,17H,3-4,9-11H2,1-2H3. The van der Waals surface area contributed by atoms with Crippen molar-refractivity contribution in [3.8, 4) is 17.2 Å². The number of hydrogen-bond donors (Lipinski definition) is 0. The molecule has 0 aromatic heterocycles. The van der Waals surface area contributed by atoms with Gasteiger partial charge in [0.25, 0.3) is 5.91 Å². The van der Waals surface area contributed by atoms with Gasteiger partial charge in [0.15, 0.2) is 11.5 Å². The van der Waals surface area contributed by atoms with Crippen molar-refractivity contribution < 1.29 is 19.0 Å². The Balaban J connectivity index is 1.61. The summed E-state index contributed by atoms with van der Waals surface area (Å²) in [6, 6.07) is 11.7. The summed E-state index contributed by atoms with van der Waals surface area (Å²) in [6.07, 6.45) is 1.95. The average molecular weight is 353 g/mol. The van der Waals surface area contributed by atoms with E-state index >= 15 is 0 Å². The first-order valence-electron chi connectivity index (χ1n) is 9.02. The molecule has 2 aromatic carbocycles. The summed E-state index contributed by atoms with van der Waals surface area (Å²) in [5.41, 5.74) is 2.78. The van der Waals surface area contributed by atoms with Gasteiger partial charge in [-0.05, 0) is 55.2 Å². The van der Waals surface area contributed by atoms with Crippen molar-refractivity contribution in [1.29, 1.82) is 0 Å². The third-order valence-corrected chi connectivity index (χ3v) is 5.12. The largest absolute Gasteiger partial charge is 0.496 e. The molecule has 1 saturated heterocycles. The summed E-state index contributed by atoms with van der Waals surface area (Å²) in [7, 11) is 1.63. The van der Waals surface area contributed by atoms with E-state index in [0.717, 1.165) is 47.8 Å². The number of carbonyl (C=O) groups excluding carboxylic acids is 1. The van der Waals surface area contributed by atoms with E-state index in [1.807, 2.05) is 48.2 Å².